The van der Waals surface area contributed by atoms with Crippen molar-refractivity contribution in [3.8, 4) is 5.75 Å². The Balaban J connectivity index is 1.69. The van der Waals surface area contributed by atoms with Gasteiger partial charge in [-0.15, -0.1) is 0 Å². The Hall–Kier alpha value is -3.02. The molecule has 2 N–H and O–H groups in total. The molecule has 3 rings (SSSR count). The first-order chi connectivity index (χ1) is 11.5. The maximum absolute atomic E-state index is 12.5. The van der Waals surface area contributed by atoms with E-state index in [4.69, 9.17) is 4.74 Å². The lowest BCUT2D eigenvalue weighted by atomic mass is 10.1. The van der Waals surface area contributed by atoms with Crippen molar-refractivity contribution >= 4 is 23.3 Å². The zero-order chi connectivity index (χ0) is 17.1. The fraction of sp³-hybridized carbons (Fsp3) is 0.222. The van der Waals surface area contributed by atoms with Crippen molar-refractivity contribution in [2.45, 2.75) is 13.0 Å². The first-order valence-electron chi connectivity index (χ1n) is 7.70. The molecule has 1 atom stereocenters. The minimum Gasteiger partial charge on any atom is -0.482 e. The zero-order valence-corrected chi connectivity index (χ0v) is 13.6. The second kappa shape index (κ2) is 6.62. The van der Waals surface area contributed by atoms with Crippen LogP contribution in [0.2, 0.25) is 0 Å². The summed E-state index contributed by atoms with van der Waals surface area (Å²) in [5.74, 6) is 0.363. The molecule has 24 heavy (non-hydrogen) atoms. The third kappa shape index (κ3) is 3.32. The number of nitrogens with one attached hydrogen (secondary N) is 2. The number of nitrogens with zero attached hydrogens (tertiary/aromatic N) is 1. The molecule has 3 amide bonds. The summed E-state index contributed by atoms with van der Waals surface area (Å²) >= 11 is 0. The Morgan fingerprint density at radius 2 is 2.00 bits per heavy atom. The summed E-state index contributed by atoms with van der Waals surface area (Å²) in [7, 11) is 1.75. The number of fused-ring (bicyclic) bond motifs is 1. The largest absolute Gasteiger partial charge is 0.482 e. The number of urea groups is 1. The van der Waals surface area contributed by atoms with Crippen molar-refractivity contribution in [2.24, 2.45) is 0 Å². The van der Waals surface area contributed by atoms with Crippen molar-refractivity contribution < 1.29 is 14.3 Å². The highest BCUT2D eigenvalue weighted by Gasteiger charge is 2.19. The highest BCUT2D eigenvalue weighted by atomic mass is 16.5. The maximum atomic E-state index is 12.5. The molecule has 6 heteroatoms. The monoisotopic (exact) mass is 325 g/mol. The lowest BCUT2D eigenvalue weighted by Gasteiger charge is -2.26. The first-order valence-corrected chi connectivity index (χ1v) is 7.70. The molecule has 1 heterocycles. The van der Waals surface area contributed by atoms with E-state index in [1.807, 2.05) is 37.3 Å². The summed E-state index contributed by atoms with van der Waals surface area (Å²) in [6.45, 7) is 1.95. The highest BCUT2D eigenvalue weighted by Crippen LogP contribution is 2.30. The fourth-order valence-corrected chi connectivity index (χ4v) is 2.50. The third-order valence-corrected chi connectivity index (χ3v) is 4.05. The SMILES string of the molecule is CC(c1ccccc1)N(C)C(=O)Nc1ccc2c(c1)OCC(=O)N2. The molecule has 2 aromatic rings. The number of hydrogen-bond donors (Lipinski definition) is 2. The van der Waals surface area contributed by atoms with Crippen LogP contribution in [0.5, 0.6) is 5.75 Å². The van der Waals surface area contributed by atoms with Crippen molar-refractivity contribution in [2.75, 3.05) is 24.3 Å². The Labute approximate surface area is 140 Å². The Kier molecular flexibility index (Phi) is 4.37. The summed E-state index contributed by atoms with van der Waals surface area (Å²) in [4.78, 5) is 25.4. The van der Waals surface area contributed by atoms with E-state index in [0.717, 1.165) is 5.56 Å². The van der Waals surface area contributed by atoms with Gasteiger partial charge in [0.2, 0.25) is 0 Å². The summed E-state index contributed by atoms with van der Waals surface area (Å²) in [6.07, 6.45) is 0. The van der Waals surface area contributed by atoms with Gasteiger partial charge in [0.05, 0.1) is 11.7 Å². The molecule has 2 aromatic carbocycles. The molecule has 0 fully saturated rings. The fourth-order valence-electron chi connectivity index (χ4n) is 2.50. The third-order valence-electron chi connectivity index (χ3n) is 4.05. The Morgan fingerprint density at radius 1 is 1.25 bits per heavy atom. The topological polar surface area (TPSA) is 70.7 Å². The quantitative estimate of drug-likeness (QED) is 0.910. The summed E-state index contributed by atoms with van der Waals surface area (Å²) in [5.41, 5.74) is 2.28. The van der Waals surface area contributed by atoms with Crippen molar-refractivity contribution in [3.05, 3.63) is 54.1 Å². The number of rotatable bonds is 3. The van der Waals surface area contributed by atoms with Crippen LogP contribution in [0.4, 0.5) is 16.2 Å². The van der Waals surface area contributed by atoms with Gasteiger partial charge in [-0.25, -0.2) is 4.79 Å². The number of amides is 3. The van der Waals surface area contributed by atoms with Gasteiger partial charge in [-0.05, 0) is 24.6 Å². The molecule has 124 valence electrons. The number of anilines is 2. The molecule has 0 saturated carbocycles. The first kappa shape index (κ1) is 15.9. The van der Waals surface area contributed by atoms with Crippen LogP contribution < -0.4 is 15.4 Å². The Morgan fingerprint density at radius 3 is 2.75 bits per heavy atom. The van der Waals surface area contributed by atoms with E-state index in [1.165, 1.54) is 0 Å². The molecular weight excluding hydrogens is 306 g/mol. The van der Waals surface area contributed by atoms with Crippen LogP contribution in [0, 0.1) is 0 Å². The van der Waals surface area contributed by atoms with Crippen molar-refractivity contribution in [1.29, 1.82) is 0 Å². The number of carbonyl (C=O) groups excluding carboxylic acids is 2. The minimum absolute atomic E-state index is 0.0185. The van der Waals surface area contributed by atoms with E-state index >= 15 is 0 Å². The predicted octanol–water partition coefficient (Wildman–Crippen LogP) is 3.24. The number of carbonyl (C=O) groups is 2. The molecule has 1 aliphatic rings. The lowest BCUT2D eigenvalue weighted by Crippen LogP contribution is -2.33. The summed E-state index contributed by atoms with van der Waals surface area (Å²) in [5, 5.41) is 5.56. The van der Waals surface area contributed by atoms with Crippen LogP contribution >= 0.6 is 0 Å². The predicted molar refractivity (Wildman–Crippen MR) is 92.2 cm³/mol. The van der Waals surface area contributed by atoms with Crippen LogP contribution in [0.25, 0.3) is 0 Å². The van der Waals surface area contributed by atoms with Gasteiger partial charge in [-0.3, -0.25) is 4.79 Å². The van der Waals surface area contributed by atoms with Crippen molar-refractivity contribution in [1.82, 2.24) is 4.90 Å². The minimum atomic E-state index is -0.217. The van der Waals surface area contributed by atoms with E-state index in [-0.39, 0.29) is 24.6 Å². The van der Waals surface area contributed by atoms with Gasteiger partial charge < -0.3 is 20.3 Å². The summed E-state index contributed by atoms with van der Waals surface area (Å²) in [6, 6.07) is 14.7. The number of ether oxygens (including phenoxy) is 1. The van der Waals surface area contributed by atoms with Gasteiger partial charge >= 0.3 is 6.03 Å². The maximum Gasteiger partial charge on any atom is 0.322 e. The molecule has 6 nitrogen and oxygen atoms in total. The van der Waals surface area contributed by atoms with Gasteiger partial charge in [-0.1, -0.05) is 30.3 Å². The molecule has 0 radical (unpaired) electrons. The van der Waals surface area contributed by atoms with Crippen LogP contribution in [-0.2, 0) is 4.79 Å². The van der Waals surface area contributed by atoms with E-state index in [0.29, 0.717) is 17.1 Å². The lowest BCUT2D eigenvalue weighted by molar-refractivity contribution is -0.118. The molecule has 0 aliphatic carbocycles. The molecule has 1 aliphatic heterocycles. The highest BCUT2D eigenvalue weighted by molar-refractivity contribution is 5.96. The van der Waals surface area contributed by atoms with E-state index in [1.54, 1.807) is 30.1 Å². The van der Waals surface area contributed by atoms with Gasteiger partial charge in [-0.2, -0.15) is 0 Å². The molecule has 0 bridgehead atoms. The molecule has 1 unspecified atom stereocenters. The van der Waals surface area contributed by atoms with E-state index < -0.39 is 0 Å². The van der Waals surface area contributed by atoms with Crippen LogP contribution in [-0.4, -0.2) is 30.5 Å². The Bertz CT molecular complexity index is 761. The second-order valence-electron chi connectivity index (χ2n) is 5.68. The normalized spacial score (nSPS) is 14.0. The van der Waals surface area contributed by atoms with Crippen LogP contribution in [0.1, 0.15) is 18.5 Å². The number of hydrogen-bond acceptors (Lipinski definition) is 3. The average molecular weight is 325 g/mol. The number of benzene rings is 2. The second-order valence-corrected chi connectivity index (χ2v) is 5.68. The van der Waals surface area contributed by atoms with E-state index in [2.05, 4.69) is 10.6 Å². The molecular formula is C18H19N3O3. The molecule has 0 spiro atoms. The smallest absolute Gasteiger partial charge is 0.322 e. The summed E-state index contributed by atoms with van der Waals surface area (Å²) < 4.78 is 5.36. The van der Waals surface area contributed by atoms with E-state index in [9.17, 15) is 9.59 Å². The van der Waals surface area contributed by atoms with Gasteiger partial charge in [0.15, 0.2) is 6.61 Å². The molecule has 0 aromatic heterocycles. The average Bonchev–Trinajstić information content (AvgIpc) is 2.61. The van der Waals surface area contributed by atoms with Gasteiger partial charge in [0.1, 0.15) is 5.75 Å². The zero-order valence-electron chi connectivity index (χ0n) is 13.6. The van der Waals surface area contributed by atoms with Gasteiger partial charge in [0.25, 0.3) is 5.91 Å². The standard InChI is InChI=1S/C18H19N3O3/c1-12(13-6-4-3-5-7-13)21(2)18(23)19-14-8-9-15-16(10-14)24-11-17(22)20-15/h3-10,12H,11H2,1-2H3,(H,19,23)(H,20,22). The molecule has 0 saturated heterocycles. The van der Waals surface area contributed by atoms with Crippen molar-refractivity contribution in [3.63, 3.8) is 0 Å². The van der Waals surface area contributed by atoms with Crippen LogP contribution in [0.3, 0.4) is 0 Å². The van der Waals surface area contributed by atoms with Crippen LogP contribution in [0.15, 0.2) is 48.5 Å². The van der Waals surface area contributed by atoms with Gasteiger partial charge in [0, 0.05) is 18.8 Å².